The molecular weight excluding hydrogens is 268 g/mol. The van der Waals surface area contributed by atoms with Gasteiger partial charge in [0.15, 0.2) is 0 Å². The molecule has 1 aliphatic carbocycles. The van der Waals surface area contributed by atoms with Crippen LogP contribution in [0.3, 0.4) is 0 Å². The van der Waals surface area contributed by atoms with Crippen LogP contribution in [0.25, 0.3) is 0 Å². The number of carbonyl (C=O) groups excluding carboxylic acids is 2. The van der Waals surface area contributed by atoms with Crippen LogP contribution in [0.4, 0.5) is 5.69 Å². The molecule has 1 aliphatic rings. The molecule has 0 unspecified atom stereocenters. The first-order chi connectivity index (χ1) is 10.0. The van der Waals surface area contributed by atoms with E-state index in [0.717, 1.165) is 0 Å². The summed E-state index contributed by atoms with van der Waals surface area (Å²) in [6, 6.07) is 7.35. The van der Waals surface area contributed by atoms with Crippen molar-refractivity contribution in [2.45, 2.75) is 45.3 Å². The Kier molecular flexibility index (Phi) is 5.33. The van der Waals surface area contributed by atoms with Gasteiger partial charge in [-0.15, -0.1) is 0 Å². The van der Waals surface area contributed by atoms with E-state index in [0.29, 0.717) is 30.3 Å². The third-order valence-corrected chi connectivity index (χ3v) is 3.11. The molecule has 2 N–H and O–H groups in total. The highest BCUT2D eigenvalue weighted by Gasteiger charge is 2.20. The summed E-state index contributed by atoms with van der Waals surface area (Å²) in [6.45, 7) is 4.32. The summed E-state index contributed by atoms with van der Waals surface area (Å²) in [5.74, 6) is -0.378. The van der Waals surface area contributed by atoms with E-state index in [4.69, 9.17) is 4.74 Å². The van der Waals surface area contributed by atoms with Gasteiger partial charge in [-0.3, -0.25) is 4.79 Å². The van der Waals surface area contributed by atoms with Crippen LogP contribution >= 0.6 is 0 Å². The summed E-state index contributed by atoms with van der Waals surface area (Å²) >= 11 is 0. The van der Waals surface area contributed by atoms with Gasteiger partial charge in [-0.2, -0.15) is 0 Å². The number of rotatable bonds is 7. The topological polar surface area (TPSA) is 67.4 Å². The lowest BCUT2D eigenvalue weighted by atomic mass is 10.2. The molecule has 0 aliphatic heterocycles. The summed E-state index contributed by atoms with van der Waals surface area (Å²) in [5, 5.41) is 6.11. The third kappa shape index (κ3) is 5.55. The Bertz CT molecular complexity index is 493. The Labute approximate surface area is 125 Å². The molecule has 1 aromatic rings. The largest absolute Gasteiger partial charge is 0.459 e. The lowest BCUT2D eigenvalue weighted by Crippen LogP contribution is -2.23. The van der Waals surface area contributed by atoms with Gasteiger partial charge in [0.25, 0.3) is 0 Å². The molecular formula is C16H22N2O3. The second-order valence-electron chi connectivity index (χ2n) is 5.56. The minimum absolute atomic E-state index is 0.0272. The maximum atomic E-state index is 11.7. The molecule has 1 amide bonds. The highest BCUT2D eigenvalue weighted by Crippen LogP contribution is 2.18. The Morgan fingerprint density at radius 3 is 2.48 bits per heavy atom. The summed E-state index contributed by atoms with van der Waals surface area (Å²) in [5.41, 5.74) is 1.17. The van der Waals surface area contributed by atoms with E-state index < -0.39 is 0 Å². The van der Waals surface area contributed by atoms with Crippen molar-refractivity contribution in [1.29, 1.82) is 0 Å². The van der Waals surface area contributed by atoms with Crippen molar-refractivity contribution in [2.75, 3.05) is 11.9 Å². The van der Waals surface area contributed by atoms with Crippen LogP contribution in [0.15, 0.2) is 24.3 Å². The van der Waals surface area contributed by atoms with Crippen molar-refractivity contribution in [3.8, 4) is 0 Å². The zero-order valence-corrected chi connectivity index (χ0v) is 12.5. The highest BCUT2D eigenvalue weighted by molar-refractivity contribution is 5.93. The predicted molar refractivity (Wildman–Crippen MR) is 81.3 cm³/mol. The summed E-state index contributed by atoms with van der Waals surface area (Å²) in [6.07, 6.45) is 2.74. The van der Waals surface area contributed by atoms with Crippen LogP contribution in [-0.4, -0.2) is 30.6 Å². The molecule has 0 radical (unpaired) electrons. The van der Waals surface area contributed by atoms with E-state index in [-0.39, 0.29) is 18.0 Å². The number of esters is 1. The van der Waals surface area contributed by atoms with Gasteiger partial charge < -0.3 is 15.4 Å². The normalized spacial score (nSPS) is 14.0. The second kappa shape index (κ2) is 7.22. The molecule has 114 valence electrons. The summed E-state index contributed by atoms with van der Waals surface area (Å²) < 4.78 is 5.10. The zero-order valence-electron chi connectivity index (χ0n) is 12.5. The first-order valence-corrected chi connectivity index (χ1v) is 7.39. The van der Waals surface area contributed by atoms with Crippen LogP contribution in [0.2, 0.25) is 0 Å². The fraction of sp³-hybridized carbons (Fsp3) is 0.500. The predicted octanol–water partition coefficient (Wildman–Crippen LogP) is 2.33. The first kappa shape index (κ1) is 15.5. The average Bonchev–Trinajstić information content (AvgIpc) is 3.23. The maximum absolute atomic E-state index is 11.7. The van der Waals surface area contributed by atoms with Gasteiger partial charge >= 0.3 is 5.97 Å². The van der Waals surface area contributed by atoms with E-state index in [1.807, 2.05) is 13.8 Å². The lowest BCUT2D eigenvalue weighted by Gasteiger charge is -2.09. The molecule has 0 aromatic heterocycles. The molecule has 0 bridgehead atoms. The van der Waals surface area contributed by atoms with Gasteiger partial charge in [-0.05, 0) is 51.0 Å². The number of anilines is 1. The molecule has 0 saturated heterocycles. The standard InChI is InChI=1S/C16H22N2O3/c1-11(2)21-16(20)12-3-5-14(6-4-12)18-15(19)9-10-17-13-7-8-13/h3-6,11,13,17H,7-10H2,1-2H3,(H,18,19). The Morgan fingerprint density at radius 2 is 1.90 bits per heavy atom. The van der Waals surface area contributed by atoms with E-state index in [9.17, 15) is 9.59 Å². The third-order valence-electron chi connectivity index (χ3n) is 3.11. The Hall–Kier alpha value is -1.88. The monoisotopic (exact) mass is 290 g/mol. The van der Waals surface area contributed by atoms with Crippen molar-refractivity contribution < 1.29 is 14.3 Å². The van der Waals surface area contributed by atoms with Crippen LogP contribution in [0.1, 0.15) is 43.5 Å². The molecule has 2 rings (SSSR count). The van der Waals surface area contributed by atoms with Crippen molar-refractivity contribution in [1.82, 2.24) is 5.32 Å². The lowest BCUT2D eigenvalue weighted by molar-refractivity contribution is -0.116. The summed E-state index contributed by atoms with van der Waals surface area (Å²) in [4.78, 5) is 23.4. The Balaban J connectivity index is 1.77. The van der Waals surface area contributed by atoms with Crippen LogP contribution in [0.5, 0.6) is 0 Å². The number of hydrogen-bond acceptors (Lipinski definition) is 4. The molecule has 1 saturated carbocycles. The number of nitrogens with one attached hydrogen (secondary N) is 2. The average molecular weight is 290 g/mol. The van der Waals surface area contributed by atoms with E-state index in [2.05, 4.69) is 10.6 Å². The molecule has 5 heteroatoms. The smallest absolute Gasteiger partial charge is 0.338 e. The number of carbonyl (C=O) groups is 2. The number of amides is 1. The first-order valence-electron chi connectivity index (χ1n) is 7.39. The minimum Gasteiger partial charge on any atom is -0.459 e. The van der Waals surface area contributed by atoms with E-state index in [1.165, 1.54) is 12.8 Å². The van der Waals surface area contributed by atoms with Crippen molar-refractivity contribution in [3.63, 3.8) is 0 Å². The molecule has 1 aromatic carbocycles. The van der Waals surface area contributed by atoms with Crippen molar-refractivity contribution in [2.24, 2.45) is 0 Å². The zero-order chi connectivity index (χ0) is 15.2. The molecule has 1 fully saturated rings. The molecule has 21 heavy (non-hydrogen) atoms. The van der Waals surface area contributed by atoms with Gasteiger partial charge in [0.05, 0.1) is 11.7 Å². The number of benzene rings is 1. The number of hydrogen-bond donors (Lipinski definition) is 2. The highest BCUT2D eigenvalue weighted by atomic mass is 16.5. The SMILES string of the molecule is CC(C)OC(=O)c1ccc(NC(=O)CCNC2CC2)cc1. The van der Waals surface area contributed by atoms with E-state index >= 15 is 0 Å². The maximum Gasteiger partial charge on any atom is 0.338 e. The summed E-state index contributed by atoms with van der Waals surface area (Å²) in [7, 11) is 0. The molecule has 5 nitrogen and oxygen atoms in total. The van der Waals surface area contributed by atoms with Gasteiger partial charge in [0.1, 0.15) is 0 Å². The van der Waals surface area contributed by atoms with Crippen molar-refractivity contribution in [3.05, 3.63) is 29.8 Å². The Morgan fingerprint density at radius 1 is 1.24 bits per heavy atom. The molecule has 0 heterocycles. The number of ether oxygens (including phenoxy) is 1. The second-order valence-corrected chi connectivity index (χ2v) is 5.56. The fourth-order valence-corrected chi connectivity index (χ4v) is 1.87. The van der Waals surface area contributed by atoms with Gasteiger partial charge in [0.2, 0.25) is 5.91 Å². The molecule has 0 spiro atoms. The van der Waals surface area contributed by atoms with Crippen LogP contribution in [-0.2, 0) is 9.53 Å². The quantitative estimate of drug-likeness (QED) is 0.756. The van der Waals surface area contributed by atoms with Gasteiger partial charge in [0, 0.05) is 24.7 Å². The van der Waals surface area contributed by atoms with Gasteiger partial charge in [-0.1, -0.05) is 0 Å². The minimum atomic E-state index is -0.350. The molecule has 0 atom stereocenters. The van der Waals surface area contributed by atoms with Crippen molar-refractivity contribution >= 4 is 17.6 Å². The van der Waals surface area contributed by atoms with Gasteiger partial charge in [-0.25, -0.2) is 4.79 Å². The van der Waals surface area contributed by atoms with Crippen LogP contribution < -0.4 is 10.6 Å². The van der Waals surface area contributed by atoms with E-state index in [1.54, 1.807) is 24.3 Å². The fourth-order valence-electron chi connectivity index (χ4n) is 1.87. The van der Waals surface area contributed by atoms with Crippen LogP contribution in [0, 0.1) is 0 Å².